The molecule has 0 aliphatic rings. The zero-order valence-corrected chi connectivity index (χ0v) is 38.6. The lowest BCUT2D eigenvalue weighted by molar-refractivity contribution is -0.0270. The maximum atomic E-state index is 12.1. The minimum absolute atomic E-state index is 0.0625. The Kier molecular flexibility index (Phi) is 27.7. The summed E-state index contributed by atoms with van der Waals surface area (Å²) in [5.41, 5.74) is 0.974. The number of hydrogen-bond acceptors (Lipinski definition) is 14. The van der Waals surface area contributed by atoms with Crippen molar-refractivity contribution in [3.8, 4) is 0 Å². The molecule has 0 atom stereocenters. The van der Waals surface area contributed by atoms with Gasteiger partial charge < -0.3 is 51.8 Å². The van der Waals surface area contributed by atoms with E-state index in [0.717, 1.165) is 5.56 Å². The summed E-state index contributed by atoms with van der Waals surface area (Å²) in [4.78, 5) is 0.127. The van der Waals surface area contributed by atoms with Gasteiger partial charge in [-0.15, -0.1) is 0 Å². The Labute approximate surface area is 365 Å². The summed E-state index contributed by atoms with van der Waals surface area (Å²) in [7, 11) is -6.33. The molecule has 3 aromatic rings. The molecule has 16 heteroatoms. The summed E-state index contributed by atoms with van der Waals surface area (Å²) in [5, 5.41) is 2.45. The fourth-order valence-corrected chi connectivity index (χ4v) is 11.5. The second-order valence-corrected chi connectivity index (χ2v) is 20.6. The largest absolute Gasteiger partial charge is 0.405 e. The van der Waals surface area contributed by atoms with E-state index >= 15 is 0 Å². The molecule has 0 spiro atoms. The number of hydrogen-bond donors (Lipinski definition) is 0. The van der Waals surface area contributed by atoms with Gasteiger partial charge in [-0.3, -0.25) is 4.18 Å². The average Bonchev–Trinajstić information content (AvgIpc) is 3.25. The third-order valence-corrected chi connectivity index (χ3v) is 15.5. The zero-order chi connectivity index (χ0) is 43.8. The van der Waals surface area contributed by atoms with Crippen LogP contribution in [0.3, 0.4) is 0 Å². The van der Waals surface area contributed by atoms with Gasteiger partial charge in [0.15, 0.2) is 0 Å². The van der Waals surface area contributed by atoms with Crippen molar-refractivity contribution in [3.05, 3.63) is 90.5 Å². The van der Waals surface area contributed by atoms with E-state index in [1.807, 2.05) is 19.1 Å². The smallest absolute Gasteiger partial charge is 0.297 e. The van der Waals surface area contributed by atoms with Gasteiger partial charge in [0.05, 0.1) is 150 Å². The van der Waals surface area contributed by atoms with Crippen molar-refractivity contribution in [1.82, 2.24) is 0 Å². The number of ether oxygens (including phenoxy) is 10. The average molecular weight is 895 g/mol. The lowest BCUT2D eigenvalue weighted by Gasteiger charge is -2.43. The Bertz CT molecular complexity index is 1560. The summed E-state index contributed by atoms with van der Waals surface area (Å²) in [5.74, 6) is 0. The predicted octanol–water partition coefficient (Wildman–Crippen LogP) is 4.44. The van der Waals surface area contributed by atoms with Gasteiger partial charge in [-0.2, -0.15) is 8.42 Å². The van der Waals surface area contributed by atoms with Crippen LogP contribution in [-0.4, -0.2) is 162 Å². The molecule has 0 unspecified atom stereocenters. The Morgan fingerprint density at radius 3 is 0.967 bits per heavy atom. The first-order valence-electron chi connectivity index (χ1n) is 21.2. The highest BCUT2D eigenvalue weighted by atomic mass is 32.2. The number of rotatable bonds is 38. The third kappa shape index (κ3) is 22.0. The highest BCUT2D eigenvalue weighted by Gasteiger charge is 2.50. The summed E-state index contributed by atoms with van der Waals surface area (Å²) in [6.45, 7) is 18.1. The minimum Gasteiger partial charge on any atom is -0.405 e. The van der Waals surface area contributed by atoms with Crippen LogP contribution in [0.4, 0.5) is 0 Å². The Hall–Kier alpha value is -2.65. The predicted molar refractivity (Wildman–Crippen MR) is 236 cm³/mol. The van der Waals surface area contributed by atoms with Crippen molar-refractivity contribution in [2.24, 2.45) is 0 Å². The molecule has 0 aliphatic carbocycles. The highest BCUT2D eigenvalue weighted by Crippen LogP contribution is 2.36. The van der Waals surface area contributed by atoms with E-state index in [2.05, 4.69) is 69.3 Å². The lowest BCUT2D eigenvalue weighted by Crippen LogP contribution is -2.66. The van der Waals surface area contributed by atoms with Gasteiger partial charge >= 0.3 is 0 Å². The van der Waals surface area contributed by atoms with Crippen LogP contribution in [0.1, 0.15) is 26.3 Å². The van der Waals surface area contributed by atoms with E-state index < -0.39 is 18.4 Å². The molecule has 0 N–H and O–H groups in total. The zero-order valence-electron chi connectivity index (χ0n) is 36.8. The molecule has 0 aliphatic heterocycles. The number of benzene rings is 3. The van der Waals surface area contributed by atoms with Crippen LogP contribution in [0.2, 0.25) is 5.04 Å². The van der Waals surface area contributed by atoms with E-state index in [1.165, 1.54) is 22.5 Å². The Balaban J connectivity index is 0.996. The van der Waals surface area contributed by atoms with Gasteiger partial charge in [0.2, 0.25) is 0 Å². The van der Waals surface area contributed by atoms with Crippen LogP contribution in [0.15, 0.2) is 89.8 Å². The molecule has 14 nitrogen and oxygen atoms in total. The second-order valence-electron chi connectivity index (χ2n) is 14.7. The van der Waals surface area contributed by atoms with Crippen LogP contribution < -0.4 is 10.4 Å². The molecule has 3 aromatic carbocycles. The van der Waals surface area contributed by atoms with Crippen molar-refractivity contribution in [1.29, 1.82) is 0 Å². The van der Waals surface area contributed by atoms with Gasteiger partial charge in [0, 0.05) is 0 Å². The van der Waals surface area contributed by atoms with E-state index in [9.17, 15) is 8.42 Å². The summed E-state index contributed by atoms with van der Waals surface area (Å²) >= 11 is 0. The fourth-order valence-electron chi connectivity index (χ4n) is 6.07. The topological polar surface area (TPSA) is 145 Å². The standard InChI is InChI=1S/C45H70O14SSi/c1-41-15-17-42(18-16-41)60(46,47)58-39-37-56-35-33-54-31-29-52-27-25-50-23-21-48-19-20-49-22-24-51-26-28-53-30-32-55-34-36-57-38-40-59-61(45(2,3)4,43-11-7-5-8-12-43)44-13-9-6-10-14-44/h5-18H,19-40H2,1-4H3. The molecular weight excluding hydrogens is 825 g/mol. The summed E-state index contributed by atoms with van der Waals surface area (Å²) < 4.78 is 91.5. The second kappa shape index (κ2) is 32.1. The molecular formula is C45H70O14SSi. The van der Waals surface area contributed by atoms with Crippen molar-refractivity contribution in [2.75, 3.05) is 145 Å². The van der Waals surface area contributed by atoms with Crippen molar-refractivity contribution >= 4 is 28.8 Å². The molecule has 0 saturated heterocycles. The fraction of sp³-hybridized carbons (Fsp3) is 0.600. The molecule has 0 fully saturated rings. The maximum absolute atomic E-state index is 12.1. The lowest BCUT2D eigenvalue weighted by atomic mass is 10.2. The van der Waals surface area contributed by atoms with Crippen LogP contribution >= 0.6 is 0 Å². The monoisotopic (exact) mass is 894 g/mol. The van der Waals surface area contributed by atoms with Gasteiger partial charge in [-0.25, -0.2) is 0 Å². The highest BCUT2D eigenvalue weighted by molar-refractivity contribution is 7.86. The first kappa shape index (κ1) is 52.7. The first-order chi connectivity index (χ1) is 29.7. The molecule has 0 radical (unpaired) electrons. The van der Waals surface area contributed by atoms with Crippen molar-refractivity contribution in [2.45, 2.75) is 37.6 Å². The summed E-state index contributed by atoms with van der Waals surface area (Å²) in [6, 6.07) is 27.7. The maximum Gasteiger partial charge on any atom is 0.297 e. The minimum atomic E-state index is -3.78. The quantitative estimate of drug-likeness (QED) is 0.0454. The van der Waals surface area contributed by atoms with Crippen LogP contribution in [0, 0.1) is 6.92 Å². The summed E-state index contributed by atoms with van der Waals surface area (Å²) in [6.07, 6.45) is 0. The molecule has 0 bridgehead atoms. The van der Waals surface area contributed by atoms with E-state index in [4.69, 9.17) is 56.0 Å². The van der Waals surface area contributed by atoms with E-state index in [0.29, 0.717) is 132 Å². The van der Waals surface area contributed by atoms with E-state index in [1.54, 1.807) is 12.1 Å². The van der Waals surface area contributed by atoms with Gasteiger partial charge in [-0.1, -0.05) is 99.1 Å². The van der Waals surface area contributed by atoms with Crippen LogP contribution in [0.25, 0.3) is 0 Å². The third-order valence-electron chi connectivity index (χ3n) is 9.09. The molecule has 344 valence electrons. The first-order valence-corrected chi connectivity index (χ1v) is 24.5. The SMILES string of the molecule is Cc1ccc(S(=O)(=O)OCCOCCOCCOCCOCCOCCOCCOCCOCCOCCOCCO[Si](c2ccccc2)(c2ccccc2)C(C)(C)C)cc1. The molecule has 61 heavy (non-hydrogen) atoms. The molecule has 0 saturated carbocycles. The molecule has 0 amide bonds. The van der Waals surface area contributed by atoms with Crippen molar-refractivity contribution in [3.63, 3.8) is 0 Å². The van der Waals surface area contributed by atoms with E-state index in [-0.39, 0.29) is 23.1 Å². The normalized spacial score (nSPS) is 12.3. The van der Waals surface area contributed by atoms with Crippen molar-refractivity contribution < 1.29 is 64.4 Å². The molecule has 0 heterocycles. The molecule has 0 aromatic heterocycles. The van der Waals surface area contributed by atoms with Gasteiger partial charge in [0.1, 0.15) is 0 Å². The Morgan fingerprint density at radius 1 is 0.393 bits per heavy atom. The number of aryl methyl sites for hydroxylation is 1. The van der Waals surface area contributed by atoms with Crippen LogP contribution in [0.5, 0.6) is 0 Å². The van der Waals surface area contributed by atoms with Gasteiger partial charge in [0.25, 0.3) is 18.4 Å². The Morgan fingerprint density at radius 2 is 0.672 bits per heavy atom. The molecule has 3 rings (SSSR count). The van der Waals surface area contributed by atoms with Gasteiger partial charge in [-0.05, 0) is 34.5 Å². The van der Waals surface area contributed by atoms with Crippen LogP contribution in [-0.2, 0) is 66.1 Å².